The van der Waals surface area contributed by atoms with Crippen molar-refractivity contribution in [3.63, 3.8) is 0 Å². The van der Waals surface area contributed by atoms with Gasteiger partial charge in [0.15, 0.2) is 0 Å². The molecule has 20 nitrogen and oxygen atoms in total. The summed E-state index contributed by atoms with van der Waals surface area (Å²) in [7, 11) is -0.0293. The third-order valence-corrected chi connectivity index (χ3v) is 11.6. The number of nitrogens with zero attached hydrogens (tertiary/aromatic N) is 1. The topological polar surface area (TPSA) is 309 Å². The average Bonchev–Trinajstić information content (AvgIpc) is 3.53. The van der Waals surface area contributed by atoms with Gasteiger partial charge in [-0.05, 0) is 94.1 Å². The number of carbonyl (C=O) groups excluding carboxylic acids is 3. The number of rotatable bonds is 19. The molecule has 0 spiro atoms. The molecule has 0 aliphatic rings. The quantitative estimate of drug-likeness (QED) is 0.0145. The Hall–Kier alpha value is -3.32. The van der Waals surface area contributed by atoms with Crippen molar-refractivity contribution in [2.24, 2.45) is 0 Å². The minimum atomic E-state index is -4.05. The molecular formula is C52H65ClF8K2LiNO19S2. The molecule has 4 N–H and O–H groups in total. The van der Waals surface area contributed by atoms with E-state index >= 15 is 0 Å². The molecule has 0 saturated heterocycles. The first kappa shape index (κ1) is 96.3. The van der Waals surface area contributed by atoms with Crippen molar-refractivity contribution >= 4 is 54.2 Å². The van der Waals surface area contributed by atoms with Gasteiger partial charge in [0.2, 0.25) is 0 Å². The fraction of sp³-hybridized carbons (Fsp3) is 0.346. The van der Waals surface area contributed by atoms with Crippen LogP contribution in [0.25, 0.3) is 0 Å². The fourth-order valence-electron chi connectivity index (χ4n) is 4.99. The number of phenols is 1. The first-order valence-corrected chi connectivity index (χ1v) is 26.9. The van der Waals surface area contributed by atoms with Crippen molar-refractivity contribution in [3.8, 4) is 17.2 Å². The van der Waals surface area contributed by atoms with E-state index in [1.165, 1.54) is 107 Å². The molecular weight excluding hydrogens is 1280 g/mol. The zero-order chi connectivity index (χ0) is 63.4. The van der Waals surface area contributed by atoms with Crippen LogP contribution >= 0.6 is 10.7 Å². The van der Waals surface area contributed by atoms with Crippen LogP contribution in [0.2, 0.25) is 0 Å². The Morgan fingerprint density at radius 2 is 0.930 bits per heavy atom. The number of aromatic hydroxyl groups is 1. The summed E-state index contributed by atoms with van der Waals surface area (Å²) < 4.78 is 158. The number of carboxylic acid groups (broad SMARTS) is 1. The smallest absolute Gasteiger partial charge is 1.00 e. The number of phenolic OH excluding ortho intramolecular Hbond substituents is 1. The second-order valence-electron chi connectivity index (χ2n) is 14.8. The number of aliphatic hydroxyl groups excluding tert-OH is 1. The number of hydrogen-bond acceptors (Lipinski definition) is 19. The minimum absolute atomic E-state index is 0. The van der Waals surface area contributed by atoms with E-state index in [-0.39, 0.29) is 179 Å². The third kappa shape index (κ3) is 48.6. The summed E-state index contributed by atoms with van der Waals surface area (Å²) in [5.41, 5.74) is 2.10. The maximum atomic E-state index is 11.9. The van der Waals surface area contributed by atoms with E-state index in [0.29, 0.717) is 0 Å². The Bertz CT molecular complexity index is 2790. The monoisotopic (exact) mass is 1340 g/mol. The maximum Gasteiger partial charge on any atom is 1.00 e. The summed E-state index contributed by atoms with van der Waals surface area (Å²) in [4.78, 5) is 46.3. The van der Waals surface area contributed by atoms with Crippen molar-refractivity contribution in [1.29, 1.82) is 0 Å². The molecule has 0 unspecified atom stereocenters. The van der Waals surface area contributed by atoms with Crippen LogP contribution in [0.3, 0.4) is 0 Å². The molecule has 0 aliphatic heterocycles. The second kappa shape index (κ2) is 56.9. The van der Waals surface area contributed by atoms with E-state index in [2.05, 4.69) is 49.0 Å². The summed E-state index contributed by atoms with van der Waals surface area (Å²) in [5, 5.41) is 33.6. The number of esters is 2. The standard InChI is InChI=1S/C10H10F2O3.C9H10F2O3S.C9H8F2O3.C8H8O3.C7H7ClO2S.C6H15N.C2H4F2O.CH2O3.2K.Li.H2O.H/c1-14-10(13)7-4-2-3-5-8(7)15-6-9(11)12;1-7-2-4-8(5-3-7)15(12,13)14-6-9(10)11;10-8(11)5-14-7-4-2-1-3-6(7)9(12)13;1-11-8(10)6-4-2-3-5-7(6)9;1-6-2-4-7(5-3-6)11(8,9)10;1-4-7(5-2)6-3;3-2(4)1-5;2-1-4-3;;;;;/h2*2-5,9H,6H2,1H3;1-4,8H,5H2,(H,12,13);2-5,9H,1H3;2-5H,1H3;4-6H2,1-3H3;2,5H,1H2;1,3H;;;;1H2;/q;;;;;;;;3*+1;;-1/p-2. The van der Waals surface area contributed by atoms with E-state index in [1.807, 2.05) is 6.92 Å². The van der Waals surface area contributed by atoms with Gasteiger partial charge in [0.1, 0.15) is 60.4 Å². The summed E-state index contributed by atoms with van der Waals surface area (Å²) >= 11 is 0. The van der Waals surface area contributed by atoms with Crippen LogP contribution in [-0.2, 0) is 42.5 Å². The third-order valence-electron chi connectivity index (χ3n) is 8.93. The molecule has 86 heavy (non-hydrogen) atoms. The van der Waals surface area contributed by atoms with E-state index in [4.69, 9.17) is 40.8 Å². The summed E-state index contributed by atoms with van der Waals surface area (Å²) in [6.45, 7) is 9.93. The van der Waals surface area contributed by atoms with Gasteiger partial charge in [-0.25, -0.2) is 57.9 Å². The molecule has 5 rings (SSSR count). The van der Waals surface area contributed by atoms with Crippen LogP contribution in [0.4, 0.5) is 35.1 Å². The fourth-order valence-corrected chi connectivity index (χ4v) is 6.64. The summed E-state index contributed by atoms with van der Waals surface area (Å²) in [6, 6.07) is 30.1. The Morgan fingerprint density at radius 1 is 0.605 bits per heavy atom. The Morgan fingerprint density at radius 3 is 1.23 bits per heavy atom. The van der Waals surface area contributed by atoms with Crippen LogP contribution in [0.15, 0.2) is 131 Å². The van der Waals surface area contributed by atoms with Gasteiger partial charge in [-0.15, -0.1) is 0 Å². The molecule has 0 heterocycles. The predicted molar refractivity (Wildman–Crippen MR) is 285 cm³/mol. The number of aliphatic hydroxyl groups is 1. The number of alkyl halides is 8. The first-order chi connectivity index (χ1) is 38.5. The molecule has 0 fully saturated rings. The zero-order valence-electron chi connectivity index (χ0n) is 49.5. The molecule has 0 aromatic heterocycles. The average molecular weight is 1340 g/mol. The number of ether oxygens (including phenoxy) is 4. The van der Waals surface area contributed by atoms with E-state index in [1.54, 1.807) is 55.5 Å². The number of methoxy groups -OCH3 is 2. The first-order valence-electron chi connectivity index (χ1n) is 23.2. The number of hydrogen-bond donors (Lipinski definition) is 3. The van der Waals surface area contributed by atoms with E-state index < -0.39 is 89.2 Å². The van der Waals surface area contributed by atoms with Crippen LogP contribution in [0.5, 0.6) is 17.2 Å². The van der Waals surface area contributed by atoms with Gasteiger partial charge in [0, 0.05) is 10.7 Å². The number of carbonyl (C=O) groups is 4. The Kier molecular flexibility index (Phi) is 63.7. The van der Waals surface area contributed by atoms with Gasteiger partial charge in [-0.3, -0.25) is 8.98 Å². The maximum absolute atomic E-state index is 11.9. The molecule has 0 atom stereocenters. The van der Waals surface area contributed by atoms with Crippen molar-refractivity contribution in [1.82, 2.24) is 4.90 Å². The molecule has 5 aromatic rings. The Balaban J connectivity index is -0.000000139. The molecule has 0 radical (unpaired) electrons. The normalized spacial score (nSPS) is 9.80. The van der Waals surface area contributed by atoms with Crippen LogP contribution in [0, 0.1) is 13.8 Å². The number of benzene rings is 5. The molecule has 0 bridgehead atoms. The van der Waals surface area contributed by atoms with Gasteiger partial charge in [0.05, 0.1) is 24.0 Å². The van der Waals surface area contributed by atoms with Crippen molar-refractivity contribution in [3.05, 3.63) is 149 Å². The van der Waals surface area contributed by atoms with Gasteiger partial charge in [-0.1, -0.05) is 92.6 Å². The molecule has 34 heteroatoms. The summed E-state index contributed by atoms with van der Waals surface area (Å²) in [5.74, 6) is -2.33. The summed E-state index contributed by atoms with van der Waals surface area (Å²) in [6.07, 6.45) is -10.5. The largest absolute Gasteiger partial charge is 1.00 e. The van der Waals surface area contributed by atoms with E-state index in [9.17, 15) is 66.3 Å². The van der Waals surface area contributed by atoms with Gasteiger partial charge in [0.25, 0.3) is 51.3 Å². The molecule has 0 saturated carbocycles. The van der Waals surface area contributed by atoms with Gasteiger partial charge < -0.3 is 56.2 Å². The van der Waals surface area contributed by atoms with Gasteiger partial charge in [-0.2, -0.15) is 8.42 Å². The number of aryl methyl sites for hydroxylation is 2. The number of aromatic carboxylic acids is 1. The molecule has 0 aliphatic carbocycles. The van der Waals surface area contributed by atoms with Crippen molar-refractivity contribution < 1.29 is 248 Å². The second-order valence-corrected chi connectivity index (χ2v) is 19.0. The molecule has 0 amide bonds. The van der Waals surface area contributed by atoms with Crippen molar-refractivity contribution in [2.45, 2.75) is 70.1 Å². The number of para-hydroxylation sites is 3. The number of carboxylic acids is 1. The predicted octanol–water partition coefficient (Wildman–Crippen LogP) is 0.187. The van der Waals surface area contributed by atoms with Crippen LogP contribution in [-0.4, -0.2) is 153 Å². The molecule has 470 valence electrons. The molecule has 5 aromatic carbocycles. The van der Waals surface area contributed by atoms with E-state index in [0.717, 1.165) is 11.1 Å². The Labute approximate surface area is 597 Å². The zero-order valence-corrected chi connectivity index (χ0v) is 57.1. The number of halogens is 9. The van der Waals surface area contributed by atoms with Crippen LogP contribution in [0.1, 0.15) is 64.4 Å². The van der Waals surface area contributed by atoms with Crippen molar-refractivity contribution in [2.75, 3.05) is 60.3 Å². The SMILES string of the molecule is CCN(CC)CC.COC(=O)c1ccccc1O.COC(=O)c1ccccc1OCC(F)F.Cc1ccc(S(=O)(=O)Cl)cc1.Cc1ccc(S(=O)(=O)OCC(F)F)cc1.O=C(O)c1ccccc1OCC(F)F.O=CO[O-].OCC(F)F.[H-].[K+].[K+].[Li+].[OH-]. The minimum Gasteiger partial charge on any atom is -1.00 e. The van der Waals surface area contributed by atoms with Gasteiger partial charge >= 0.3 is 140 Å². The van der Waals surface area contributed by atoms with Crippen LogP contribution < -0.4 is 136 Å².